The molecule has 2 heterocycles. The van der Waals surface area contributed by atoms with Crippen LogP contribution in [0.25, 0.3) is 11.1 Å². The van der Waals surface area contributed by atoms with Crippen LogP contribution in [0.5, 0.6) is 5.75 Å². The zero-order valence-corrected chi connectivity index (χ0v) is 22.0. The van der Waals surface area contributed by atoms with Gasteiger partial charge in [0, 0.05) is 22.4 Å². The normalized spacial score (nSPS) is 11.4. The number of anilines is 3. The minimum Gasteiger partial charge on any atom is -0.491 e. The number of hydrogen-bond donors (Lipinski definition) is 4. The van der Waals surface area contributed by atoms with Crippen LogP contribution in [-0.4, -0.2) is 39.5 Å². The van der Waals surface area contributed by atoms with Gasteiger partial charge >= 0.3 is 0 Å². The average Bonchev–Trinajstić information content (AvgIpc) is 3.37. The number of aryl methyl sites for hydroxylation is 1. The van der Waals surface area contributed by atoms with E-state index in [0.29, 0.717) is 27.7 Å². The molecule has 0 fully saturated rings. The van der Waals surface area contributed by atoms with Crippen LogP contribution in [0.15, 0.2) is 58.9 Å². The minimum atomic E-state index is -0.989. The molecule has 0 amide bonds. The molecule has 0 saturated heterocycles. The molecular formula is C27H24N6O3S2. The summed E-state index contributed by atoms with van der Waals surface area (Å²) < 4.78 is 5.45. The number of thiazole rings is 1. The Kier molecular flexibility index (Phi) is 8.79. The molecule has 192 valence electrons. The number of nitriles is 2. The van der Waals surface area contributed by atoms with Crippen LogP contribution < -0.4 is 15.8 Å². The van der Waals surface area contributed by atoms with Crippen molar-refractivity contribution < 1.29 is 14.9 Å². The summed E-state index contributed by atoms with van der Waals surface area (Å²) in [7, 11) is 0. The maximum atomic E-state index is 10.0. The van der Waals surface area contributed by atoms with Gasteiger partial charge < -0.3 is 26.0 Å². The maximum Gasteiger partial charge on any atom is 0.187 e. The predicted octanol–water partition coefficient (Wildman–Crippen LogP) is 4.61. The lowest BCUT2D eigenvalue weighted by Gasteiger charge is -2.14. The number of aromatic nitrogens is 2. The Hall–Kier alpha value is -4.13. The number of aliphatic hydroxyl groups excluding tert-OH is 2. The van der Waals surface area contributed by atoms with E-state index < -0.39 is 12.7 Å². The molecule has 2 aromatic carbocycles. The van der Waals surface area contributed by atoms with Crippen LogP contribution in [0, 0.1) is 29.6 Å². The number of aliphatic hydroxyl groups is 2. The van der Waals surface area contributed by atoms with E-state index in [4.69, 9.17) is 15.6 Å². The van der Waals surface area contributed by atoms with E-state index in [1.807, 2.05) is 36.6 Å². The molecule has 9 nitrogen and oxygen atoms in total. The molecule has 1 atom stereocenters. The second kappa shape index (κ2) is 12.4. The van der Waals surface area contributed by atoms with E-state index in [2.05, 4.69) is 27.4 Å². The van der Waals surface area contributed by atoms with Crippen molar-refractivity contribution in [1.82, 2.24) is 9.97 Å². The van der Waals surface area contributed by atoms with E-state index >= 15 is 0 Å². The molecule has 38 heavy (non-hydrogen) atoms. The largest absolute Gasteiger partial charge is 0.491 e. The number of benzene rings is 2. The number of ether oxygens (including phenoxy) is 1. The second-order valence-corrected chi connectivity index (χ2v) is 10.1. The molecule has 0 unspecified atom stereocenters. The summed E-state index contributed by atoms with van der Waals surface area (Å²) in [5.74, 6) is 0.960. The Labute approximate surface area is 228 Å². The number of nitrogens with zero attached hydrogens (tertiary/aromatic N) is 4. The van der Waals surface area contributed by atoms with Gasteiger partial charge in [0.05, 0.1) is 17.9 Å². The number of thioether (sulfide) groups is 1. The van der Waals surface area contributed by atoms with Crippen LogP contribution in [0.1, 0.15) is 22.4 Å². The summed E-state index contributed by atoms with van der Waals surface area (Å²) in [6, 6.07) is 19.0. The molecule has 2 aromatic heterocycles. The summed E-state index contributed by atoms with van der Waals surface area (Å²) in [6.45, 7) is 1.56. The molecular weight excluding hydrogens is 520 g/mol. The first kappa shape index (κ1) is 26.9. The van der Waals surface area contributed by atoms with Crippen LogP contribution >= 0.6 is 23.1 Å². The van der Waals surface area contributed by atoms with E-state index in [1.165, 1.54) is 23.1 Å². The van der Waals surface area contributed by atoms with Crippen LogP contribution in [0.2, 0.25) is 0 Å². The topological polar surface area (TPSA) is 161 Å². The average molecular weight is 545 g/mol. The SMILES string of the molecule is Cc1cccc(Nc2nc(CSc3nc(N)c(C#N)c(-c4ccc(OC[C@@H](O)CO)cc4)c3C#N)cs2)c1. The molecule has 0 aliphatic carbocycles. The summed E-state index contributed by atoms with van der Waals surface area (Å²) in [4.78, 5) is 8.99. The fourth-order valence-electron chi connectivity index (χ4n) is 3.57. The highest BCUT2D eigenvalue weighted by atomic mass is 32.2. The number of hydrogen-bond acceptors (Lipinski definition) is 11. The van der Waals surface area contributed by atoms with Gasteiger partial charge in [-0.25, -0.2) is 9.97 Å². The molecule has 4 rings (SSSR count). The molecule has 11 heteroatoms. The first-order chi connectivity index (χ1) is 18.4. The molecule has 4 aromatic rings. The highest BCUT2D eigenvalue weighted by Gasteiger charge is 2.21. The molecule has 0 aliphatic heterocycles. The lowest BCUT2D eigenvalue weighted by Crippen LogP contribution is -2.21. The van der Waals surface area contributed by atoms with Crippen LogP contribution in [-0.2, 0) is 5.75 Å². The Balaban J connectivity index is 1.56. The van der Waals surface area contributed by atoms with Crippen molar-refractivity contribution in [2.24, 2.45) is 0 Å². The first-order valence-electron chi connectivity index (χ1n) is 11.5. The summed E-state index contributed by atoms with van der Waals surface area (Å²) in [5, 5.41) is 44.6. The van der Waals surface area contributed by atoms with E-state index in [-0.39, 0.29) is 23.6 Å². The zero-order chi connectivity index (χ0) is 27.1. The highest BCUT2D eigenvalue weighted by Crippen LogP contribution is 2.37. The van der Waals surface area contributed by atoms with Gasteiger partial charge in [0.2, 0.25) is 0 Å². The molecule has 0 aliphatic rings. The molecule has 5 N–H and O–H groups in total. The Morgan fingerprint density at radius 1 is 1.13 bits per heavy atom. The Bertz CT molecular complexity index is 1510. The number of pyridine rings is 1. The minimum absolute atomic E-state index is 0.0375. The van der Waals surface area contributed by atoms with E-state index in [1.54, 1.807) is 24.3 Å². The number of nitrogens with two attached hydrogens (primary N) is 1. The number of nitrogens with one attached hydrogen (secondary N) is 1. The molecule has 0 spiro atoms. The van der Waals surface area contributed by atoms with Crippen LogP contribution in [0.3, 0.4) is 0 Å². The smallest absolute Gasteiger partial charge is 0.187 e. The third-order valence-electron chi connectivity index (χ3n) is 5.39. The van der Waals surface area contributed by atoms with Gasteiger partial charge in [0.15, 0.2) is 5.13 Å². The van der Waals surface area contributed by atoms with Gasteiger partial charge in [0.1, 0.15) is 47.0 Å². The third kappa shape index (κ3) is 6.40. The second-order valence-electron chi connectivity index (χ2n) is 8.25. The first-order valence-corrected chi connectivity index (χ1v) is 13.3. The Morgan fingerprint density at radius 2 is 1.89 bits per heavy atom. The van der Waals surface area contributed by atoms with Gasteiger partial charge in [-0.1, -0.05) is 36.0 Å². The van der Waals surface area contributed by atoms with Crippen molar-refractivity contribution in [2.75, 3.05) is 24.3 Å². The highest BCUT2D eigenvalue weighted by molar-refractivity contribution is 7.98. The lowest BCUT2D eigenvalue weighted by molar-refractivity contribution is 0.0536. The van der Waals surface area contributed by atoms with Gasteiger partial charge in [-0.05, 0) is 42.3 Å². The van der Waals surface area contributed by atoms with Crippen molar-refractivity contribution >= 4 is 39.7 Å². The summed E-state index contributed by atoms with van der Waals surface area (Å²) in [5.41, 5.74) is 10.4. The van der Waals surface area contributed by atoms with E-state index in [9.17, 15) is 15.6 Å². The molecule has 0 saturated carbocycles. The van der Waals surface area contributed by atoms with Crippen molar-refractivity contribution in [1.29, 1.82) is 10.5 Å². The quantitative estimate of drug-likeness (QED) is 0.208. The van der Waals surface area contributed by atoms with Crippen molar-refractivity contribution in [2.45, 2.75) is 23.8 Å². The monoisotopic (exact) mass is 544 g/mol. The molecule has 0 bridgehead atoms. The molecule has 0 radical (unpaired) electrons. The van der Waals surface area contributed by atoms with Crippen molar-refractivity contribution in [3.8, 4) is 29.0 Å². The van der Waals surface area contributed by atoms with Crippen molar-refractivity contribution in [3.63, 3.8) is 0 Å². The predicted molar refractivity (Wildman–Crippen MR) is 148 cm³/mol. The fraction of sp³-hybridized carbons (Fsp3) is 0.185. The number of nitrogen functional groups attached to an aromatic ring is 1. The Morgan fingerprint density at radius 3 is 2.58 bits per heavy atom. The zero-order valence-electron chi connectivity index (χ0n) is 20.4. The van der Waals surface area contributed by atoms with Gasteiger partial charge in [-0.2, -0.15) is 10.5 Å². The lowest BCUT2D eigenvalue weighted by atomic mass is 9.97. The van der Waals surface area contributed by atoms with Crippen molar-refractivity contribution in [3.05, 3.63) is 76.3 Å². The van der Waals surface area contributed by atoms with Gasteiger partial charge in [-0.3, -0.25) is 0 Å². The fourth-order valence-corrected chi connectivity index (χ4v) is 5.30. The summed E-state index contributed by atoms with van der Waals surface area (Å²) in [6.07, 6.45) is -0.989. The van der Waals surface area contributed by atoms with Crippen LogP contribution in [0.4, 0.5) is 16.6 Å². The summed E-state index contributed by atoms with van der Waals surface area (Å²) >= 11 is 2.81. The van der Waals surface area contributed by atoms with Gasteiger partial charge in [-0.15, -0.1) is 11.3 Å². The maximum absolute atomic E-state index is 10.0. The van der Waals surface area contributed by atoms with Gasteiger partial charge in [0.25, 0.3) is 0 Å². The number of rotatable bonds is 10. The standard InChI is InChI=1S/C27H24N6O3S2/c1-16-3-2-4-18(9-16)31-27-32-19(15-38-27)14-37-26-23(11-29)24(22(10-28)25(30)33-26)17-5-7-21(8-6-17)36-13-20(35)12-34/h2-9,15,20,34-35H,12-14H2,1H3,(H2,30,33)(H,31,32)/t20-/m0/s1. The third-order valence-corrected chi connectivity index (χ3v) is 7.21. The van der Waals surface area contributed by atoms with E-state index in [0.717, 1.165) is 22.1 Å².